The first-order valence-corrected chi connectivity index (χ1v) is 6.99. The molecule has 1 fully saturated rings. The molecule has 19 heavy (non-hydrogen) atoms. The minimum atomic E-state index is 0.104. The van der Waals surface area contributed by atoms with Gasteiger partial charge in [0, 0.05) is 13.1 Å². The van der Waals surface area contributed by atoms with Crippen LogP contribution in [0.3, 0.4) is 0 Å². The summed E-state index contributed by atoms with van der Waals surface area (Å²) in [7, 11) is 0. The van der Waals surface area contributed by atoms with Gasteiger partial charge in [-0.1, -0.05) is 6.92 Å². The van der Waals surface area contributed by atoms with Crippen LogP contribution < -0.4 is 5.32 Å². The van der Waals surface area contributed by atoms with Crippen molar-refractivity contribution in [1.82, 2.24) is 30.4 Å². The minimum absolute atomic E-state index is 0.104. The van der Waals surface area contributed by atoms with E-state index >= 15 is 0 Å². The Morgan fingerprint density at radius 2 is 2.26 bits per heavy atom. The SMILES string of the molecule is CCCN(CC1CCNCC1)C(=O)Cn1cnnn1. The van der Waals surface area contributed by atoms with Crippen molar-refractivity contribution >= 4 is 5.91 Å². The molecule has 2 heterocycles. The summed E-state index contributed by atoms with van der Waals surface area (Å²) in [5.41, 5.74) is 0. The van der Waals surface area contributed by atoms with Crippen LogP contribution in [0, 0.1) is 5.92 Å². The van der Waals surface area contributed by atoms with Gasteiger partial charge in [0.25, 0.3) is 0 Å². The lowest BCUT2D eigenvalue weighted by Crippen LogP contribution is -2.41. The number of nitrogens with zero attached hydrogens (tertiary/aromatic N) is 5. The molecule has 1 aliphatic heterocycles. The van der Waals surface area contributed by atoms with Gasteiger partial charge in [0.2, 0.25) is 5.91 Å². The highest BCUT2D eigenvalue weighted by molar-refractivity contribution is 5.75. The van der Waals surface area contributed by atoms with E-state index in [4.69, 9.17) is 0 Å². The van der Waals surface area contributed by atoms with E-state index < -0.39 is 0 Å². The molecule has 0 bridgehead atoms. The Morgan fingerprint density at radius 3 is 2.89 bits per heavy atom. The van der Waals surface area contributed by atoms with Crippen molar-refractivity contribution in [1.29, 1.82) is 0 Å². The van der Waals surface area contributed by atoms with Gasteiger partial charge in [-0.2, -0.15) is 0 Å². The Hall–Kier alpha value is -1.50. The van der Waals surface area contributed by atoms with Crippen LogP contribution in [-0.2, 0) is 11.3 Å². The Morgan fingerprint density at radius 1 is 1.47 bits per heavy atom. The Kier molecular flexibility index (Phi) is 5.26. The summed E-state index contributed by atoms with van der Waals surface area (Å²) >= 11 is 0. The standard InChI is InChI=1S/C12H22N6O/c1-2-7-17(8-11-3-5-13-6-4-11)12(19)9-18-10-14-15-16-18/h10-11,13H,2-9H2,1H3. The van der Waals surface area contributed by atoms with E-state index in [9.17, 15) is 4.79 Å². The van der Waals surface area contributed by atoms with Crippen molar-refractivity contribution < 1.29 is 4.79 Å². The molecule has 0 saturated carbocycles. The van der Waals surface area contributed by atoms with Gasteiger partial charge in [-0.3, -0.25) is 4.79 Å². The predicted octanol–water partition coefficient (Wildman–Crippen LogP) is -0.0887. The number of amides is 1. The summed E-state index contributed by atoms with van der Waals surface area (Å²) in [5.74, 6) is 0.721. The molecule has 1 saturated heterocycles. The monoisotopic (exact) mass is 266 g/mol. The van der Waals surface area contributed by atoms with Crippen molar-refractivity contribution in [3.05, 3.63) is 6.33 Å². The maximum Gasteiger partial charge on any atom is 0.244 e. The van der Waals surface area contributed by atoms with Crippen LogP contribution in [0.1, 0.15) is 26.2 Å². The molecule has 0 atom stereocenters. The summed E-state index contributed by atoms with van der Waals surface area (Å²) in [6.07, 6.45) is 4.76. The van der Waals surface area contributed by atoms with Gasteiger partial charge >= 0.3 is 0 Å². The van der Waals surface area contributed by atoms with Crippen molar-refractivity contribution in [3.63, 3.8) is 0 Å². The van der Waals surface area contributed by atoms with E-state index in [0.717, 1.165) is 45.4 Å². The first-order valence-electron chi connectivity index (χ1n) is 6.99. The fourth-order valence-electron chi connectivity index (χ4n) is 2.45. The summed E-state index contributed by atoms with van der Waals surface area (Å²) in [4.78, 5) is 14.2. The van der Waals surface area contributed by atoms with Crippen LogP contribution >= 0.6 is 0 Å². The van der Waals surface area contributed by atoms with Crippen LogP contribution in [0.4, 0.5) is 0 Å². The third kappa shape index (κ3) is 4.27. The number of tetrazole rings is 1. The number of rotatable bonds is 6. The highest BCUT2D eigenvalue weighted by Gasteiger charge is 2.20. The van der Waals surface area contributed by atoms with Gasteiger partial charge in [-0.05, 0) is 48.7 Å². The lowest BCUT2D eigenvalue weighted by molar-refractivity contribution is -0.132. The molecular formula is C12H22N6O. The van der Waals surface area contributed by atoms with Crippen LogP contribution in [0.25, 0.3) is 0 Å². The van der Waals surface area contributed by atoms with Crippen LogP contribution in [0.2, 0.25) is 0 Å². The third-order valence-corrected chi connectivity index (χ3v) is 3.47. The highest BCUT2D eigenvalue weighted by Crippen LogP contribution is 2.14. The van der Waals surface area contributed by atoms with E-state index in [2.05, 4.69) is 27.8 Å². The van der Waals surface area contributed by atoms with Gasteiger partial charge in [0.1, 0.15) is 12.9 Å². The number of nitrogens with one attached hydrogen (secondary N) is 1. The summed E-state index contributed by atoms with van der Waals surface area (Å²) < 4.78 is 1.48. The molecular weight excluding hydrogens is 244 g/mol. The number of carbonyl (C=O) groups is 1. The second-order valence-corrected chi connectivity index (χ2v) is 5.04. The quantitative estimate of drug-likeness (QED) is 0.779. The molecule has 1 aromatic heterocycles. The maximum absolute atomic E-state index is 12.3. The molecule has 7 nitrogen and oxygen atoms in total. The Balaban J connectivity index is 1.88. The Labute approximate surface area is 113 Å². The molecule has 1 aromatic rings. The molecule has 1 N–H and O–H groups in total. The van der Waals surface area contributed by atoms with E-state index in [-0.39, 0.29) is 12.5 Å². The lowest BCUT2D eigenvalue weighted by Gasteiger charge is -2.30. The van der Waals surface area contributed by atoms with E-state index in [1.165, 1.54) is 11.0 Å². The molecule has 7 heteroatoms. The molecule has 0 aliphatic carbocycles. The van der Waals surface area contributed by atoms with Crippen molar-refractivity contribution in [2.24, 2.45) is 5.92 Å². The van der Waals surface area contributed by atoms with E-state index in [1.54, 1.807) is 0 Å². The number of piperidine rings is 1. The second kappa shape index (κ2) is 7.18. The van der Waals surface area contributed by atoms with Gasteiger partial charge in [-0.25, -0.2) is 4.68 Å². The second-order valence-electron chi connectivity index (χ2n) is 5.04. The van der Waals surface area contributed by atoms with Crippen LogP contribution in [0.15, 0.2) is 6.33 Å². The fraction of sp³-hybridized carbons (Fsp3) is 0.833. The first-order chi connectivity index (χ1) is 9.29. The molecule has 0 spiro atoms. The smallest absolute Gasteiger partial charge is 0.244 e. The fourth-order valence-corrected chi connectivity index (χ4v) is 2.45. The topological polar surface area (TPSA) is 75.9 Å². The van der Waals surface area contributed by atoms with Gasteiger partial charge in [-0.15, -0.1) is 5.10 Å². The molecule has 106 valence electrons. The normalized spacial score (nSPS) is 16.5. The number of aromatic nitrogens is 4. The molecule has 0 radical (unpaired) electrons. The molecule has 1 aliphatic rings. The number of hydrogen-bond acceptors (Lipinski definition) is 5. The number of hydrogen-bond donors (Lipinski definition) is 1. The molecule has 1 amide bonds. The molecule has 2 rings (SSSR count). The zero-order valence-corrected chi connectivity index (χ0v) is 11.5. The summed E-state index contributed by atoms with van der Waals surface area (Å²) in [6.45, 7) is 6.12. The van der Waals surface area contributed by atoms with E-state index in [0.29, 0.717) is 5.92 Å². The van der Waals surface area contributed by atoms with E-state index in [1.807, 2.05) is 4.90 Å². The highest BCUT2D eigenvalue weighted by atomic mass is 16.2. The number of carbonyl (C=O) groups excluding carboxylic acids is 1. The average molecular weight is 266 g/mol. The zero-order valence-electron chi connectivity index (χ0n) is 11.5. The van der Waals surface area contributed by atoms with Crippen LogP contribution in [-0.4, -0.2) is 57.2 Å². The average Bonchev–Trinajstić information content (AvgIpc) is 2.92. The maximum atomic E-state index is 12.3. The lowest BCUT2D eigenvalue weighted by atomic mass is 9.97. The molecule has 0 unspecified atom stereocenters. The first kappa shape index (κ1) is 13.9. The largest absolute Gasteiger partial charge is 0.341 e. The van der Waals surface area contributed by atoms with Gasteiger partial charge in [0.15, 0.2) is 0 Å². The summed E-state index contributed by atoms with van der Waals surface area (Å²) in [6, 6.07) is 0. The minimum Gasteiger partial charge on any atom is -0.341 e. The zero-order chi connectivity index (χ0) is 13.5. The van der Waals surface area contributed by atoms with Gasteiger partial charge < -0.3 is 10.2 Å². The predicted molar refractivity (Wildman–Crippen MR) is 70.3 cm³/mol. The third-order valence-electron chi connectivity index (χ3n) is 3.47. The van der Waals surface area contributed by atoms with Crippen molar-refractivity contribution in [2.45, 2.75) is 32.7 Å². The van der Waals surface area contributed by atoms with Gasteiger partial charge in [0.05, 0.1) is 0 Å². The van der Waals surface area contributed by atoms with Crippen molar-refractivity contribution in [2.75, 3.05) is 26.2 Å². The van der Waals surface area contributed by atoms with Crippen molar-refractivity contribution in [3.8, 4) is 0 Å². The Bertz CT molecular complexity index is 374. The molecule has 0 aromatic carbocycles. The van der Waals surface area contributed by atoms with Crippen LogP contribution in [0.5, 0.6) is 0 Å². The summed E-state index contributed by atoms with van der Waals surface area (Å²) in [5, 5.41) is 14.2.